The van der Waals surface area contributed by atoms with Crippen LogP contribution >= 0.6 is 0 Å². The Morgan fingerprint density at radius 1 is 0.880 bits per heavy atom. The van der Waals surface area contributed by atoms with E-state index in [2.05, 4.69) is 0 Å². The predicted molar refractivity (Wildman–Crippen MR) is 92.8 cm³/mol. The largest absolute Gasteiger partial charge is 0.510 e. The highest BCUT2D eigenvalue weighted by Crippen LogP contribution is 2.28. The highest BCUT2D eigenvalue weighted by Gasteiger charge is 2.32. The number of hydrogen-bond acceptors (Lipinski definition) is 7. The fraction of sp³-hybridized carbons (Fsp3) is 0.333. The minimum atomic E-state index is -0.839. The topological polar surface area (TPSA) is 96.3 Å². The van der Waals surface area contributed by atoms with Crippen molar-refractivity contribution in [3.8, 4) is 0 Å². The molecule has 0 radical (unpaired) electrons. The van der Waals surface area contributed by atoms with Crippen LogP contribution < -0.4 is 4.90 Å². The molecule has 0 bridgehead atoms. The van der Waals surface area contributed by atoms with E-state index in [1.165, 1.54) is 13.8 Å². The van der Waals surface area contributed by atoms with Crippen molar-refractivity contribution in [1.82, 2.24) is 0 Å². The number of rotatable bonds is 7. The molecular weight excluding hydrogens is 326 g/mol. The molecule has 1 aromatic rings. The van der Waals surface area contributed by atoms with Crippen LogP contribution in [-0.2, 0) is 19.1 Å². The van der Waals surface area contributed by atoms with Crippen LogP contribution in [0.1, 0.15) is 27.7 Å². The van der Waals surface area contributed by atoms with Crippen LogP contribution in [0.4, 0.5) is 5.69 Å². The summed E-state index contributed by atoms with van der Waals surface area (Å²) in [6.07, 6.45) is 0. The molecule has 0 aliphatic rings. The second kappa shape index (κ2) is 9.36. The molecule has 0 unspecified atom stereocenters. The van der Waals surface area contributed by atoms with Gasteiger partial charge in [-0.2, -0.15) is 0 Å². The van der Waals surface area contributed by atoms with Crippen molar-refractivity contribution in [2.24, 2.45) is 0 Å². The van der Waals surface area contributed by atoms with E-state index >= 15 is 0 Å². The average Bonchev–Trinajstić information content (AvgIpc) is 2.54. The van der Waals surface area contributed by atoms with Crippen molar-refractivity contribution in [2.45, 2.75) is 27.7 Å². The van der Waals surface area contributed by atoms with Gasteiger partial charge in [0.15, 0.2) is 11.4 Å². The lowest BCUT2D eigenvalue weighted by molar-refractivity contribution is -0.139. The van der Waals surface area contributed by atoms with Crippen molar-refractivity contribution < 1.29 is 29.3 Å². The van der Waals surface area contributed by atoms with Crippen LogP contribution in [0.15, 0.2) is 53.2 Å². The molecule has 0 spiro atoms. The van der Waals surface area contributed by atoms with Gasteiger partial charge in [-0.3, -0.25) is 4.90 Å². The second-order valence-electron chi connectivity index (χ2n) is 4.98. The summed E-state index contributed by atoms with van der Waals surface area (Å²) in [5.74, 6) is -2.42. The van der Waals surface area contributed by atoms with Crippen LogP contribution in [0.2, 0.25) is 0 Å². The molecule has 0 aliphatic carbocycles. The molecular formula is C18H23NO6. The molecule has 0 heterocycles. The Labute approximate surface area is 146 Å². The van der Waals surface area contributed by atoms with Crippen molar-refractivity contribution in [1.29, 1.82) is 0 Å². The van der Waals surface area contributed by atoms with Crippen LogP contribution in [0, 0.1) is 0 Å². The van der Waals surface area contributed by atoms with E-state index in [0.29, 0.717) is 5.69 Å². The van der Waals surface area contributed by atoms with Gasteiger partial charge in [0.1, 0.15) is 11.5 Å². The minimum Gasteiger partial charge on any atom is -0.510 e. The van der Waals surface area contributed by atoms with Crippen molar-refractivity contribution in [3.63, 3.8) is 0 Å². The van der Waals surface area contributed by atoms with E-state index < -0.39 is 11.9 Å². The number of para-hydroxylation sites is 1. The van der Waals surface area contributed by atoms with Gasteiger partial charge < -0.3 is 19.7 Å². The summed E-state index contributed by atoms with van der Waals surface area (Å²) in [5.41, 5.74) is -0.204. The summed E-state index contributed by atoms with van der Waals surface area (Å²) in [7, 11) is 0. The first-order chi connectivity index (χ1) is 11.8. The Hall–Kier alpha value is -2.96. The Balaban J connectivity index is 3.64. The molecule has 136 valence electrons. The zero-order chi connectivity index (χ0) is 19.0. The number of carbonyl (C=O) groups is 2. The SMILES string of the molecule is CCOC(=O)/C(=C(/C)O)N(/C(C(=O)OCC)=C(\C)O)c1ccccc1. The molecule has 1 rings (SSSR count). The number of allylic oxidation sites excluding steroid dienone is 2. The summed E-state index contributed by atoms with van der Waals surface area (Å²) in [4.78, 5) is 25.9. The maximum atomic E-state index is 12.4. The van der Waals surface area contributed by atoms with Crippen LogP contribution in [-0.4, -0.2) is 35.4 Å². The van der Waals surface area contributed by atoms with Gasteiger partial charge in [0, 0.05) is 5.69 Å². The van der Waals surface area contributed by atoms with Crippen LogP contribution in [0.3, 0.4) is 0 Å². The third-order valence-electron chi connectivity index (χ3n) is 3.08. The summed E-state index contributed by atoms with van der Waals surface area (Å²) in [6.45, 7) is 5.97. The monoisotopic (exact) mass is 349 g/mol. The van der Waals surface area contributed by atoms with Gasteiger partial charge in [0.25, 0.3) is 0 Å². The molecule has 0 fully saturated rings. The van der Waals surface area contributed by atoms with Crippen molar-refractivity contribution >= 4 is 17.6 Å². The van der Waals surface area contributed by atoms with Crippen LogP contribution in [0.25, 0.3) is 0 Å². The number of esters is 2. The maximum Gasteiger partial charge on any atom is 0.358 e. The number of aliphatic hydroxyl groups excluding tert-OH is 2. The molecule has 0 atom stereocenters. The number of ether oxygens (including phenoxy) is 2. The second-order valence-corrected chi connectivity index (χ2v) is 4.98. The van der Waals surface area contributed by atoms with Gasteiger partial charge in [-0.1, -0.05) is 18.2 Å². The first-order valence-electron chi connectivity index (χ1n) is 7.84. The van der Waals surface area contributed by atoms with E-state index in [1.54, 1.807) is 44.2 Å². The van der Waals surface area contributed by atoms with Gasteiger partial charge in [-0.15, -0.1) is 0 Å². The van der Waals surface area contributed by atoms with Crippen LogP contribution in [0.5, 0.6) is 0 Å². The zero-order valence-corrected chi connectivity index (χ0v) is 14.8. The first-order valence-corrected chi connectivity index (χ1v) is 7.84. The molecule has 7 nitrogen and oxygen atoms in total. The number of aliphatic hydroxyl groups is 2. The lowest BCUT2D eigenvalue weighted by atomic mass is 10.2. The summed E-state index contributed by atoms with van der Waals surface area (Å²) in [5, 5.41) is 20.1. The lowest BCUT2D eigenvalue weighted by Gasteiger charge is -2.28. The molecule has 25 heavy (non-hydrogen) atoms. The number of anilines is 1. The lowest BCUT2D eigenvalue weighted by Crippen LogP contribution is -2.34. The molecule has 2 N–H and O–H groups in total. The molecule has 7 heteroatoms. The van der Waals surface area contributed by atoms with E-state index in [4.69, 9.17) is 9.47 Å². The number of hydrogen-bond donors (Lipinski definition) is 2. The van der Waals surface area contributed by atoms with Gasteiger partial charge in [-0.05, 0) is 39.8 Å². The predicted octanol–water partition coefficient (Wildman–Crippen LogP) is 3.20. The quantitative estimate of drug-likeness (QED) is 0.443. The highest BCUT2D eigenvalue weighted by molar-refractivity contribution is 6.01. The minimum absolute atomic E-state index is 0.0782. The Kier molecular flexibility index (Phi) is 7.52. The molecule has 1 aromatic carbocycles. The number of nitrogens with zero attached hydrogens (tertiary/aromatic N) is 1. The number of benzene rings is 1. The Bertz CT molecular complexity index is 630. The Morgan fingerprint density at radius 2 is 1.28 bits per heavy atom. The number of carbonyl (C=O) groups excluding carboxylic acids is 2. The first kappa shape index (κ1) is 20.1. The molecule has 0 aliphatic heterocycles. The molecule has 0 saturated heterocycles. The third kappa shape index (κ3) is 5.00. The standard InChI is InChI=1S/C18H23NO6/c1-5-24-17(22)15(12(3)20)19(14-10-8-7-9-11-14)16(13(4)21)18(23)25-6-2/h7-11,20-21H,5-6H2,1-4H3/b15-12+,16-13+. The van der Waals surface area contributed by atoms with E-state index in [-0.39, 0.29) is 36.1 Å². The van der Waals surface area contributed by atoms with Gasteiger partial charge in [0.05, 0.1) is 13.2 Å². The van der Waals surface area contributed by atoms with Gasteiger partial charge in [-0.25, -0.2) is 9.59 Å². The fourth-order valence-corrected chi connectivity index (χ4v) is 2.15. The Morgan fingerprint density at radius 3 is 1.60 bits per heavy atom. The molecule has 0 amide bonds. The normalized spacial score (nSPS) is 12.6. The van der Waals surface area contributed by atoms with E-state index in [1.807, 2.05) is 0 Å². The van der Waals surface area contributed by atoms with Gasteiger partial charge in [0.2, 0.25) is 0 Å². The summed E-state index contributed by atoms with van der Waals surface area (Å²) >= 11 is 0. The third-order valence-corrected chi connectivity index (χ3v) is 3.08. The van der Waals surface area contributed by atoms with E-state index in [9.17, 15) is 19.8 Å². The zero-order valence-electron chi connectivity index (χ0n) is 14.8. The van der Waals surface area contributed by atoms with Gasteiger partial charge >= 0.3 is 11.9 Å². The molecule has 0 saturated carbocycles. The molecule has 0 aromatic heterocycles. The smallest absolute Gasteiger partial charge is 0.358 e. The van der Waals surface area contributed by atoms with Crippen molar-refractivity contribution in [2.75, 3.05) is 18.1 Å². The fourth-order valence-electron chi connectivity index (χ4n) is 2.15. The summed E-state index contributed by atoms with van der Waals surface area (Å²) in [6, 6.07) is 8.36. The highest BCUT2D eigenvalue weighted by atomic mass is 16.5. The summed E-state index contributed by atoms with van der Waals surface area (Å²) < 4.78 is 9.97. The maximum absolute atomic E-state index is 12.4. The van der Waals surface area contributed by atoms with E-state index in [0.717, 1.165) is 4.90 Å². The average molecular weight is 349 g/mol. The van der Waals surface area contributed by atoms with Crippen molar-refractivity contribution in [3.05, 3.63) is 53.2 Å².